The largest absolute Gasteiger partial charge is 0.392 e. The van der Waals surface area contributed by atoms with Crippen molar-refractivity contribution in [2.24, 2.45) is 34.4 Å². The Morgan fingerprint density at radius 2 is 1.45 bits per heavy atom. The van der Waals surface area contributed by atoms with Crippen LogP contribution < -0.4 is 21.7 Å². The summed E-state index contributed by atoms with van der Waals surface area (Å²) in [5, 5.41) is 19.0. The Kier molecular flexibility index (Phi) is 16.7. The van der Waals surface area contributed by atoms with Crippen LogP contribution in [0.15, 0.2) is 16.8 Å². The Balaban J connectivity index is 2.99. The summed E-state index contributed by atoms with van der Waals surface area (Å²) in [5.74, 6) is -3.16. The summed E-state index contributed by atoms with van der Waals surface area (Å²) in [4.78, 5) is 79.5. The van der Waals surface area contributed by atoms with E-state index in [4.69, 9.17) is 5.73 Å². The predicted molar refractivity (Wildman–Crippen MR) is 168 cm³/mol. The maximum absolute atomic E-state index is 13.6. The van der Waals surface area contributed by atoms with Crippen LogP contribution in [0.4, 0.5) is 0 Å². The van der Waals surface area contributed by atoms with Gasteiger partial charge in [0.2, 0.25) is 23.6 Å². The number of carbonyl (C=O) groups is 6. The topological polar surface area (TPSA) is 197 Å². The third-order valence-corrected chi connectivity index (χ3v) is 7.39. The van der Waals surface area contributed by atoms with E-state index < -0.39 is 47.9 Å². The molecule has 12 nitrogen and oxygen atoms in total. The number of Topliss-reactive ketones (excluding diaryl/α,β-unsaturated/α-hetero) is 2. The molecule has 0 aromatic heterocycles. The van der Waals surface area contributed by atoms with Crippen LogP contribution in [0.2, 0.25) is 0 Å². The van der Waals surface area contributed by atoms with Crippen LogP contribution in [-0.4, -0.2) is 70.7 Å². The Labute approximate surface area is 261 Å². The first-order valence-electron chi connectivity index (χ1n) is 15.6. The number of allylic oxidation sites excluding steroid dienone is 1. The second-order valence-corrected chi connectivity index (χ2v) is 12.9. The minimum atomic E-state index is -1.17. The van der Waals surface area contributed by atoms with Gasteiger partial charge in [-0.15, -0.1) is 0 Å². The quantitative estimate of drug-likeness (QED) is 0.130. The standard InChI is InChI=1S/C32H53N5O7/c1-18(2)13-22(27(40)17-30(43)37-25(32(33)44)14-19(3)4)15-28(41)24(16-23-9-8-12-34-23)36-29(42)11-10-26(39)31(20(5)6)35-21(7)38/h9,12,18-20,22,24-25,27,31,40H,8,10-11,13-17H2,1-7H3,(H2,33,44)(H,35,38)(H,36,42)(H,37,43)/t22-,24+,25+,27+,31+/m1/s1. The average Bonchev–Trinajstić information content (AvgIpc) is 3.41. The normalized spacial score (nSPS) is 16.2. The van der Waals surface area contributed by atoms with Crippen LogP contribution in [-0.2, 0) is 28.8 Å². The number of nitrogens with two attached hydrogens (primary N) is 1. The van der Waals surface area contributed by atoms with Gasteiger partial charge in [0.25, 0.3) is 0 Å². The van der Waals surface area contributed by atoms with Gasteiger partial charge in [-0.05, 0) is 36.5 Å². The van der Waals surface area contributed by atoms with Gasteiger partial charge in [0.1, 0.15) is 6.04 Å². The fraction of sp³-hybridized carbons (Fsp3) is 0.719. The van der Waals surface area contributed by atoms with E-state index in [0.29, 0.717) is 25.0 Å². The van der Waals surface area contributed by atoms with Crippen molar-refractivity contribution in [1.82, 2.24) is 16.0 Å². The van der Waals surface area contributed by atoms with E-state index in [1.165, 1.54) is 6.92 Å². The van der Waals surface area contributed by atoms with Gasteiger partial charge in [-0.2, -0.15) is 0 Å². The zero-order valence-electron chi connectivity index (χ0n) is 27.4. The number of aliphatic hydroxyl groups excluding tert-OH is 1. The van der Waals surface area contributed by atoms with Crippen LogP contribution in [0.5, 0.6) is 0 Å². The summed E-state index contributed by atoms with van der Waals surface area (Å²) < 4.78 is 0. The third kappa shape index (κ3) is 14.9. The maximum Gasteiger partial charge on any atom is 0.240 e. The molecule has 0 unspecified atom stereocenters. The van der Waals surface area contributed by atoms with E-state index in [2.05, 4.69) is 20.9 Å². The summed E-state index contributed by atoms with van der Waals surface area (Å²) in [6.07, 6.45) is 3.27. The summed E-state index contributed by atoms with van der Waals surface area (Å²) in [7, 11) is 0. The average molecular weight is 620 g/mol. The molecule has 0 spiro atoms. The molecule has 0 saturated heterocycles. The maximum atomic E-state index is 13.6. The molecule has 248 valence electrons. The SMILES string of the molecule is CC(=O)N[C@H](C(=O)CCC(=O)N[C@@H](CC1=CCC=N1)C(=O)C[C@@H](CC(C)C)[C@@H](O)CC(=O)N[C@@H](CC(C)C)C(N)=O)C(C)C. The van der Waals surface area contributed by atoms with Crippen LogP contribution >= 0.6 is 0 Å². The first-order valence-corrected chi connectivity index (χ1v) is 15.6. The molecule has 44 heavy (non-hydrogen) atoms. The van der Waals surface area contributed by atoms with Crippen molar-refractivity contribution in [3.63, 3.8) is 0 Å². The van der Waals surface area contributed by atoms with Crippen molar-refractivity contribution in [2.75, 3.05) is 0 Å². The van der Waals surface area contributed by atoms with Crippen LogP contribution in [0, 0.1) is 23.7 Å². The predicted octanol–water partition coefficient (Wildman–Crippen LogP) is 2.12. The fourth-order valence-electron chi connectivity index (χ4n) is 5.21. The monoisotopic (exact) mass is 619 g/mol. The van der Waals surface area contributed by atoms with Crippen molar-refractivity contribution in [3.05, 3.63) is 11.8 Å². The minimum Gasteiger partial charge on any atom is -0.392 e. The molecule has 1 aliphatic rings. The van der Waals surface area contributed by atoms with Gasteiger partial charge in [0.05, 0.1) is 24.6 Å². The number of rotatable bonds is 21. The summed E-state index contributed by atoms with van der Waals surface area (Å²) in [6, 6.07) is -2.52. The Morgan fingerprint density at radius 3 is 1.95 bits per heavy atom. The number of aliphatic imine (C=N–C) groups is 1. The lowest BCUT2D eigenvalue weighted by atomic mass is 9.84. The van der Waals surface area contributed by atoms with E-state index in [1.54, 1.807) is 20.1 Å². The van der Waals surface area contributed by atoms with Crippen molar-refractivity contribution in [1.29, 1.82) is 0 Å². The molecule has 0 fully saturated rings. The highest BCUT2D eigenvalue weighted by Gasteiger charge is 2.31. The number of aliphatic hydroxyl groups is 1. The lowest BCUT2D eigenvalue weighted by Crippen LogP contribution is -2.47. The van der Waals surface area contributed by atoms with E-state index in [-0.39, 0.29) is 67.3 Å². The highest BCUT2D eigenvalue weighted by Crippen LogP contribution is 2.24. The molecule has 4 amide bonds. The van der Waals surface area contributed by atoms with E-state index in [9.17, 15) is 33.9 Å². The molecule has 0 saturated carbocycles. The lowest BCUT2D eigenvalue weighted by molar-refractivity contribution is -0.132. The smallest absolute Gasteiger partial charge is 0.240 e. The first kappa shape index (κ1) is 38.6. The Hall–Kier alpha value is -3.41. The van der Waals surface area contributed by atoms with Gasteiger partial charge >= 0.3 is 0 Å². The van der Waals surface area contributed by atoms with Gasteiger partial charge in [0, 0.05) is 50.9 Å². The summed E-state index contributed by atoms with van der Waals surface area (Å²) in [5.41, 5.74) is 6.08. The molecule has 1 rings (SSSR count). The molecule has 6 N–H and O–H groups in total. The highest BCUT2D eigenvalue weighted by molar-refractivity contribution is 5.93. The van der Waals surface area contributed by atoms with Gasteiger partial charge in [-0.25, -0.2) is 0 Å². The second-order valence-electron chi connectivity index (χ2n) is 12.9. The molecule has 0 aromatic rings. The van der Waals surface area contributed by atoms with E-state index in [1.807, 2.05) is 33.8 Å². The van der Waals surface area contributed by atoms with Crippen molar-refractivity contribution in [2.45, 2.75) is 124 Å². The minimum absolute atomic E-state index is 0.100. The van der Waals surface area contributed by atoms with Gasteiger partial charge in [-0.1, -0.05) is 47.6 Å². The molecule has 0 bridgehead atoms. The Morgan fingerprint density at radius 1 is 0.841 bits per heavy atom. The number of ketones is 2. The molecular formula is C32H53N5O7. The molecule has 12 heteroatoms. The molecular weight excluding hydrogens is 566 g/mol. The number of amides is 4. The van der Waals surface area contributed by atoms with Crippen molar-refractivity contribution >= 4 is 41.4 Å². The number of nitrogens with one attached hydrogen (secondary N) is 3. The van der Waals surface area contributed by atoms with Gasteiger partial charge in [0.15, 0.2) is 11.6 Å². The fourth-order valence-corrected chi connectivity index (χ4v) is 5.21. The Bertz CT molecular complexity index is 1080. The zero-order valence-corrected chi connectivity index (χ0v) is 27.4. The molecule has 1 heterocycles. The third-order valence-electron chi connectivity index (χ3n) is 7.39. The van der Waals surface area contributed by atoms with E-state index in [0.717, 1.165) is 0 Å². The van der Waals surface area contributed by atoms with Crippen molar-refractivity contribution < 1.29 is 33.9 Å². The highest BCUT2D eigenvalue weighted by atomic mass is 16.3. The lowest BCUT2D eigenvalue weighted by Gasteiger charge is -2.27. The molecule has 1 aliphatic heterocycles. The van der Waals surface area contributed by atoms with Gasteiger partial charge in [-0.3, -0.25) is 33.8 Å². The first-order chi connectivity index (χ1) is 20.5. The molecule has 0 radical (unpaired) electrons. The zero-order chi connectivity index (χ0) is 33.6. The van der Waals surface area contributed by atoms with Crippen LogP contribution in [0.25, 0.3) is 0 Å². The summed E-state index contributed by atoms with van der Waals surface area (Å²) >= 11 is 0. The number of hydrogen-bond acceptors (Lipinski definition) is 8. The molecule has 5 atom stereocenters. The number of nitrogens with zero attached hydrogens (tertiary/aromatic N) is 1. The van der Waals surface area contributed by atoms with Gasteiger partial charge < -0.3 is 26.8 Å². The number of hydrogen-bond donors (Lipinski definition) is 5. The number of carbonyl (C=O) groups excluding carboxylic acids is 6. The molecule has 0 aliphatic carbocycles. The van der Waals surface area contributed by atoms with Crippen molar-refractivity contribution in [3.8, 4) is 0 Å². The number of primary amides is 1. The second kappa shape index (κ2) is 19.1. The molecule has 0 aromatic carbocycles. The summed E-state index contributed by atoms with van der Waals surface area (Å²) in [6.45, 7) is 12.6. The van der Waals surface area contributed by atoms with Crippen LogP contribution in [0.1, 0.15) is 99.8 Å². The van der Waals surface area contributed by atoms with E-state index >= 15 is 0 Å². The van der Waals surface area contributed by atoms with Crippen LogP contribution in [0.3, 0.4) is 0 Å².